The summed E-state index contributed by atoms with van der Waals surface area (Å²) in [6, 6.07) is 9.52. The van der Waals surface area contributed by atoms with Crippen molar-refractivity contribution in [3.8, 4) is 0 Å². The molecule has 3 atom stereocenters. The Morgan fingerprint density at radius 3 is 2.61 bits per heavy atom. The number of ether oxygens (including phenoxy) is 2. The minimum atomic E-state index is -0.445. The molecule has 0 bridgehead atoms. The Kier molecular flexibility index (Phi) is 4.85. The Bertz CT molecular complexity index is 543. The molecule has 1 unspecified atom stereocenters. The number of ketones is 1. The number of benzene rings is 1. The van der Waals surface area contributed by atoms with Crippen molar-refractivity contribution in [1.82, 2.24) is 4.90 Å². The van der Waals surface area contributed by atoms with Gasteiger partial charge in [-0.15, -0.1) is 0 Å². The molecule has 126 valence electrons. The van der Waals surface area contributed by atoms with E-state index in [9.17, 15) is 4.79 Å². The topological polar surface area (TPSA) is 38.8 Å². The van der Waals surface area contributed by atoms with Crippen LogP contribution in [0.4, 0.5) is 0 Å². The van der Waals surface area contributed by atoms with Crippen LogP contribution in [0.1, 0.15) is 43.5 Å². The zero-order chi connectivity index (χ0) is 16.4. The largest absolute Gasteiger partial charge is 0.345 e. The molecule has 0 N–H and O–H groups in total. The Balaban J connectivity index is 1.49. The molecule has 2 aliphatic rings. The van der Waals surface area contributed by atoms with Crippen LogP contribution < -0.4 is 0 Å². The molecule has 1 saturated carbocycles. The first-order valence-corrected chi connectivity index (χ1v) is 8.55. The van der Waals surface area contributed by atoms with E-state index in [2.05, 4.69) is 4.90 Å². The van der Waals surface area contributed by atoms with Crippen molar-refractivity contribution in [1.29, 1.82) is 0 Å². The lowest BCUT2D eigenvalue weighted by Gasteiger charge is -2.31. The summed E-state index contributed by atoms with van der Waals surface area (Å²) >= 11 is 0. The maximum atomic E-state index is 12.3. The number of carbonyl (C=O) groups excluding carboxylic acids is 1. The zero-order valence-corrected chi connectivity index (χ0v) is 14.3. The van der Waals surface area contributed by atoms with Gasteiger partial charge in [0.1, 0.15) is 0 Å². The van der Waals surface area contributed by atoms with Crippen molar-refractivity contribution < 1.29 is 14.3 Å². The standard InChI is InChI=1S/C19H27NO3/c1-19(2)22-17-10-9-14(11-18(17)23-19)12-20(3)13-16(21)15-7-5-4-6-8-15/h4-8,14,17-18H,9-13H2,1-3H3/t14?,17-,18+/m1/s1. The van der Waals surface area contributed by atoms with Crippen LogP contribution in [0.15, 0.2) is 30.3 Å². The fraction of sp³-hybridized carbons (Fsp3) is 0.632. The van der Waals surface area contributed by atoms with Crippen molar-refractivity contribution in [2.24, 2.45) is 5.92 Å². The van der Waals surface area contributed by atoms with Gasteiger partial charge in [0.2, 0.25) is 0 Å². The zero-order valence-electron chi connectivity index (χ0n) is 14.3. The van der Waals surface area contributed by atoms with Crippen molar-refractivity contribution in [2.45, 2.75) is 51.1 Å². The second kappa shape index (κ2) is 6.71. The van der Waals surface area contributed by atoms with E-state index < -0.39 is 5.79 Å². The van der Waals surface area contributed by atoms with Gasteiger partial charge in [-0.2, -0.15) is 0 Å². The van der Waals surface area contributed by atoms with Gasteiger partial charge in [0.25, 0.3) is 0 Å². The average molecular weight is 317 g/mol. The van der Waals surface area contributed by atoms with Crippen molar-refractivity contribution >= 4 is 5.78 Å². The van der Waals surface area contributed by atoms with Crippen molar-refractivity contribution in [3.05, 3.63) is 35.9 Å². The lowest BCUT2D eigenvalue weighted by Crippen LogP contribution is -2.37. The minimum absolute atomic E-state index is 0.184. The number of nitrogens with zero attached hydrogens (tertiary/aromatic N) is 1. The van der Waals surface area contributed by atoms with E-state index in [1.54, 1.807) is 0 Å². The van der Waals surface area contributed by atoms with Crippen LogP contribution in [0.5, 0.6) is 0 Å². The van der Waals surface area contributed by atoms with Gasteiger partial charge in [0, 0.05) is 12.1 Å². The Morgan fingerprint density at radius 1 is 1.17 bits per heavy atom. The molecule has 1 aromatic carbocycles. The number of hydrogen-bond acceptors (Lipinski definition) is 4. The summed E-state index contributed by atoms with van der Waals surface area (Å²) in [5.74, 6) is 0.310. The SMILES string of the molecule is CN(CC(=O)c1ccccc1)CC1CC[C@H]2OC(C)(C)O[C@H]2C1. The Hall–Kier alpha value is -1.23. The van der Waals surface area contributed by atoms with Gasteiger partial charge in [-0.25, -0.2) is 0 Å². The van der Waals surface area contributed by atoms with Gasteiger partial charge >= 0.3 is 0 Å². The van der Waals surface area contributed by atoms with Crippen LogP contribution in [-0.2, 0) is 9.47 Å². The predicted octanol–water partition coefficient (Wildman–Crippen LogP) is 3.12. The summed E-state index contributed by atoms with van der Waals surface area (Å²) in [5, 5.41) is 0. The molecule has 1 aliphatic carbocycles. The van der Waals surface area contributed by atoms with Crippen molar-refractivity contribution in [2.75, 3.05) is 20.1 Å². The minimum Gasteiger partial charge on any atom is -0.345 e. The highest BCUT2D eigenvalue weighted by Gasteiger charge is 2.44. The Morgan fingerprint density at radius 2 is 1.87 bits per heavy atom. The second-order valence-electron chi connectivity index (χ2n) is 7.38. The van der Waals surface area contributed by atoms with Gasteiger partial charge < -0.3 is 9.47 Å². The number of fused-ring (bicyclic) bond motifs is 1. The summed E-state index contributed by atoms with van der Waals surface area (Å²) in [6.07, 6.45) is 3.68. The number of Topliss-reactive ketones (excluding diaryl/α,β-unsaturated/α-hetero) is 1. The summed E-state index contributed by atoms with van der Waals surface area (Å²) in [4.78, 5) is 14.4. The van der Waals surface area contributed by atoms with Gasteiger partial charge in [-0.1, -0.05) is 30.3 Å². The van der Waals surface area contributed by atoms with Gasteiger partial charge in [-0.3, -0.25) is 9.69 Å². The number of rotatable bonds is 5. The molecule has 1 aliphatic heterocycles. The third-order valence-corrected chi connectivity index (χ3v) is 4.79. The van der Waals surface area contributed by atoms with Gasteiger partial charge in [-0.05, 0) is 46.1 Å². The molecule has 0 aromatic heterocycles. The van der Waals surface area contributed by atoms with Crippen LogP contribution in [0, 0.1) is 5.92 Å². The molecule has 0 radical (unpaired) electrons. The fourth-order valence-corrected chi connectivity index (χ4v) is 3.83. The van der Waals surface area contributed by atoms with E-state index in [-0.39, 0.29) is 18.0 Å². The summed E-state index contributed by atoms with van der Waals surface area (Å²) < 4.78 is 11.9. The van der Waals surface area contributed by atoms with Crippen LogP contribution >= 0.6 is 0 Å². The highest BCUT2D eigenvalue weighted by atomic mass is 16.7. The van der Waals surface area contributed by atoms with Crippen LogP contribution in [-0.4, -0.2) is 48.8 Å². The number of hydrogen-bond donors (Lipinski definition) is 0. The molecule has 2 fully saturated rings. The molecule has 0 spiro atoms. The maximum absolute atomic E-state index is 12.3. The molecule has 3 rings (SSSR count). The molecule has 1 saturated heterocycles. The van der Waals surface area contributed by atoms with E-state index in [0.717, 1.165) is 31.4 Å². The second-order valence-corrected chi connectivity index (χ2v) is 7.38. The fourth-order valence-electron chi connectivity index (χ4n) is 3.83. The van der Waals surface area contributed by atoms with E-state index in [1.807, 2.05) is 51.2 Å². The smallest absolute Gasteiger partial charge is 0.176 e. The average Bonchev–Trinajstić information content (AvgIpc) is 2.81. The predicted molar refractivity (Wildman–Crippen MR) is 89.4 cm³/mol. The third kappa shape index (κ3) is 4.19. The number of likely N-dealkylation sites (N-methyl/N-ethyl adjacent to an activating group) is 1. The maximum Gasteiger partial charge on any atom is 0.176 e. The highest BCUT2D eigenvalue weighted by Crippen LogP contribution is 2.38. The van der Waals surface area contributed by atoms with E-state index in [4.69, 9.17) is 9.47 Å². The first-order valence-electron chi connectivity index (χ1n) is 8.55. The van der Waals surface area contributed by atoms with Gasteiger partial charge in [0.15, 0.2) is 11.6 Å². The molecular weight excluding hydrogens is 290 g/mol. The molecule has 1 aromatic rings. The normalized spacial score (nSPS) is 29.5. The first kappa shape index (κ1) is 16.6. The number of carbonyl (C=O) groups is 1. The Labute approximate surface area is 138 Å². The van der Waals surface area contributed by atoms with Crippen LogP contribution in [0.25, 0.3) is 0 Å². The lowest BCUT2D eigenvalue weighted by atomic mass is 9.85. The van der Waals surface area contributed by atoms with Crippen LogP contribution in [0.3, 0.4) is 0 Å². The van der Waals surface area contributed by atoms with E-state index in [0.29, 0.717) is 12.5 Å². The molecular formula is C19H27NO3. The summed E-state index contributed by atoms with van der Waals surface area (Å²) in [5.41, 5.74) is 0.789. The molecule has 0 amide bonds. The lowest BCUT2D eigenvalue weighted by molar-refractivity contribution is -0.145. The first-order chi connectivity index (χ1) is 10.9. The van der Waals surface area contributed by atoms with Crippen LogP contribution in [0.2, 0.25) is 0 Å². The molecule has 23 heavy (non-hydrogen) atoms. The quantitative estimate of drug-likeness (QED) is 0.782. The monoisotopic (exact) mass is 317 g/mol. The van der Waals surface area contributed by atoms with E-state index in [1.165, 1.54) is 0 Å². The molecule has 4 heteroatoms. The molecule has 4 nitrogen and oxygen atoms in total. The summed E-state index contributed by atoms with van der Waals surface area (Å²) in [6.45, 7) is 5.39. The summed E-state index contributed by atoms with van der Waals surface area (Å²) in [7, 11) is 2.03. The molecule has 1 heterocycles. The third-order valence-electron chi connectivity index (χ3n) is 4.79. The van der Waals surface area contributed by atoms with E-state index >= 15 is 0 Å². The van der Waals surface area contributed by atoms with Gasteiger partial charge in [0.05, 0.1) is 18.8 Å². The highest BCUT2D eigenvalue weighted by molar-refractivity contribution is 5.97. The van der Waals surface area contributed by atoms with Crippen molar-refractivity contribution in [3.63, 3.8) is 0 Å².